The molecule has 0 bridgehead atoms. The summed E-state index contributed by atoms with van der Waals surface area (Å²) in [4.78, 5) is 0. The molecule has 0 saturated carbocycles. The smallest absolute Gasteiger partial charge is 0.123 e. The molecule has 0 saturated heterocycles. The van der Waals surface area contributed by atoms with E-state index in [4.69, 9.17) is 16.3 Å². The minimum Gasteiger partial charge on any atom is -0.489 e. The predicted octanol–water partition coefficient (Wildman–Crippen LogP) is 7.39. The summed E-state index contributed by atoms with van der Waals surface area (Å²) in [7, 11) is -2.14. The molecule has 0 radical (unpaired) electrons. The van der Waals surface area contributed by atoms with E-state index < -0.39 is 8.07 Å². The quantitative estimate of drug-likeness (QED) is 0.324. The topological polar surface area (TPSA) is 9.23 Å². The first-order chi connectivity index (χ1) is 15.8. The molecule has 0 atom stereocenters. The number of hydrogen-bond donors (Lipinski definition) is 0. The molecule has 4 rings (SSSR count). The Balaban J connectivity index is 1.95. The van der Waals surface area contributed by atoms with Crippen LogP contribution in [0, 0.1) is 0 Å². The average molecular weight is 475 g/mol. The molecule has 0 amide bonds. The second-order valence-corrected chi connectivity index (χ2v) is 15.2. The number of hydrogen-bond acceptors (Lipinski definition) is 1. The van der Waals surface area contributed by atoms with Crippen LogP contribution in [0.15, 0.2) is 66.7 Å². The lowest BCUT2D eigenvalue weighted by molar-refractivity contribution is 0.300. The van der Waals surface area contributed by atoms with Crippen LogP contribution < -0.4 is 15.1 Å². The van der Waals surface area contributed by atoms with Gasteiger partial charge in [0.15, 0.2) is 0 Å². The molecule has 0 N–H and O–H groups in total. The van der Waals surface area contributed by atoms with Gasteiger partial charge in [-0.1, -0.05) is 119 Å². The van der Waals surface area contributed by atoms with E-state index in [-0.39, 0.29) is 5.41 Å². The number of rotatable bonds is 7. The normalized spacial score (nSPS) is 13.3. The molecule has 0 aromatic heterocycles. The molecule has 172 valence electrons. The van der Waals surface area contributed by atoms with Crippen molar-refractivity contribution >= 4 is 36.1 Å². The Morgan fingerprint density at radius 3 is 2.30 bits per heavy atom. The number of ether oxygens (including phenoxy) is 1. The van der Waals surface area contributed by atoms with Gasteiger partial charge < -0.3 is 4.74 Å². The second-order valence-electron chi connectivity index (χ2n) is 10.1. The SMILES string of the molecule is CC[Si](CC)(c1cccc2c1C=CC2)c1cc(Cl)cc(C(C)(C)C)c1OCc1ccccc1. The summed E-state index contributed by atoms with van der Waals surface area (Å²) in [5.74, 6) is 1.05. The van der Waals surface area contributed by atoms with Gasteiger partial charge in [0.25, 0.3) is 0 Å². The molecule has 1 nitrogen and oxygen atoms in total. The highest BCUT2D eigenvalue weighted by Crippen LogP contribution is 2.36. The van der Waals surface area contributed by atoms with Gasteiger partial charge in [0.2, 0.25) is 0 Å². The molecule has 1 aliphatic rings. The number of benzene rings is 3. The summed E-state index contributed by atoms with van der Waals surface area (Å²) in [6, 6.07) is 23.9. The highest BCUT2D eigenvalue weighted by atomic mass is 35.5. The Hall–Kier alpha value is -2.29. The molecule has 0 spiro atoms. The lowest BCUT2D eigenvalue weighted by Gasteiger charge is -2.36. The molecule has 3 aromatic carbocycles. The van der Waals surface area contributed by atoms with Crippen LogP contribution in [-0.2, 0) is 18.4 Å². The van der Waals surface area contributed by atoms with E-state index in [9.17, 15) is 0 Å². The number of halogens is 1. The Morgan fingerprint density at radius 1 is 0.909 bits per heavy atom. The second kappa shape index (κ2) is 9.52. The van der Waals surface area contributed by atoms with Gasteiger partial charge in [-0.05, 0) is 51.0 Å². The van der Waals surface area contributed by atoms with Crippen LogP contribution in [-0.4, -0.2) is 8.07 Å². The maximum atomic E-state index is 6.82. The summed E-state index contributed by atoms with van der Waals surface area (Å²) in [5, 5.41) is 3.67. The summed E-state index contributed by atoms with van der Waals surface area (Å²) in [6.07, 6.45) is 5.66. The zero-order valence-electron chi connectivity index (χ0n) is 20.5. The fourth-order valence-corrected chi connectivity index (χ4v) is 10.1. The van der Waals surface area contributed by atoms with Gasteiger partial charge >= 0.3 is 0 Å². The number of fused-ring (bicyclic) bond motifs is 1. The Labute approximate surface area is 205 Å². The van der Waals surface area contributed by atoms with Crippen LogP contribution in [0.25, 0.3) is 6.08 Å². The van der Waals surface area contributed by atoms with Crippen molar-refractivity contribution in [3.05, 3.63) is 94.0 Å². The third-order valence-electron chi connectivity index (χ3n) is 7.14. The third kappa shape index (κ3) is 4.56. The van der Waals surface area contributed by atoms with Crippen molar-refractivity contribution in [1.29, 1.82) is 0 Å². The first kappa shape index (κ1) is 23.9. The fourth-order valence-electron chi connectivity index (χ4n) is 5.26. The van der Waals surface area contributed by atoms with Gasteiger partial charge in [0, 0.05) is 10.6 Å². The molecular weight excluding hydrogens is 440 g/mol. The number of allylic oxidation sites excluding steroid dienone is 1. The van der Waals surface area contributed by atoms with Crippen LogP contribution in [0.3, 0.4) is 0 Å². The van der Waals surface area contributed by atoms with Crippen molar-refractivity contribution in [3.63, 3.8) is 0 Å². The van der Waals surface area contributed by atoms with Crippen LogP contribution in [0.5, 0.6) is 5.75 Å². The van der Waals surface area contributed by atoms with Crippen molar-refractivity contribution in [3.8, 4) is 5.75 Å². The van der Waals surface area contributed by atoms with Gasteiger partial charge in [-0.3, -0.25) is 0 Å². The van der Waals surface area contributed by atoms with Crippen molar-refractivity contribution in [1.82, 2.24) is 0 Å². The largest absolute Gasteiger partial charge is 0.489 e. The Morgan fingerprint density at radius 2 is 1.64 bits per heavy atom. The van der Waals surface area contributed by atoms with E-state index in [1.54, 1.807) is 0 Å². The van der Waals surface area contributed by atoms with Gasteiger partial charge in [0.1, 0.15) is 20.4 Å². The summed E-state index contributed by atoms with van der Waals surface area (Å²) >= 11 is 6.82. The van der Waals surface area contributed by atoms with Gasteiger partial charge in [-0.25, -0.2) is 0 Å². The summed E-state index contributed by atoms with van der Waals surface area (Å²) in [6.45, 7) is 12.0. The monoisotopic (exact) mass is 474 g/mol. The first-order valence-corrected chi connectivity index (χ1v) is 14.9. The molecule has 3 aromatic rings. The molecule has 0 unspecified atom stereocenters. The van der Waals surface area contributed by atoms with Crippen molar-refractivity contribution in [2.45, 2.75) is 65.1 Å². The van der Waals surface area contributed by atoms with E-state index in [1.165, 1.54) is 32.6 Å². The zero-order chi connectivity index (χ0) is 23.6. The molecule has 1 aliphatic carbocycles. The Kier molecular flexibility index (Phi) is 6.88. The standard InChI is InChI=1S/C30H35ClOSi/c1-6-33(7-2,27-18-12-16-23-15-11-17-25(23)27)28-20-24(31)19-26(30(3,4)5)29(28)32-21-22-13-9-8-10-14-22/h8-14,16-20H,6-7,15,21H2,1-5H3. The highest BCUT2D eigenvalue weighted by Gasteiger charge is 2.40. The van der Waals surface area contributed by atoms with Crippen LogP contribution >= 0.6 is 11.6 Å². The van der Waals surface area contributed by atoms with Crippen molar-refractivity contribution < 1.29 is 4.74 Å². The van der Waals surface area contributed by atoms with Crippen LogP contribution in [0.4, 0.5) is 0 Å². The zero-order valence-corrected chi connectivity index (χ0v) is 22.3. The van der Waals surface area contributed by atoms with E-state index in [0.29, 0.717) is 6.61 Å². The maximum absolute atomic E-state index is 6.82. The summed E-state index contributed by atoms with van der Waals surface area (Å²) < 4.78 is 6.74. The Bertz CT molecular complexity index is 1150. The minimum absolute atomic E-state index is 0.0775. The average Bonchev–Trinajstić information content (AvgIpc) is 3.29. The third-order valence-corrected chi connectivity index (χ3v) is 12.6. The molecule has 3 heteroatoms. The van der Waals surface area contributed by atoms with E-state index in [2.05, 4.69) is 101 Å². The van der Waals surface area contributed by atoms with Crippen LogP contribution in [0.1, 0.15) is 56.9 Å². The van der Waals surface area contributed by atoms with Crippen molar-refractivity contribution in [2.24, 2.45) is 0 Å². The van der Waals surface area contributed by atoms with Crippen molar-refractivity contribution in [2.75, 3.05) is 0 Å². The minimum atomic E-state index is -2.14. The molecule has 0 aliphatic heterocycles. The molecule has 33 heavy (non-hydrogen) atoms. The first-order valence-electron chi connectivity index (χ1n) is 12.1. The summed E-state index contributed by atoms with van der Waals surface area (Å²) in [5.41, 5.74) is 5.17. The molecule has 0 heterocycles. The predicted molar refractivity (Wildman–Crippen MR) is 146 cm³/mol. The van der Waals surface area contributed by atoms with Gasteiger partial charge in [-0.2, -0.15) is 0 Å². The van der Waals surface area contributed by atoms with Gasteiger partial charge in [-0.15, -0.1) is 0 Å². The van der Waals surface area contributed by atoms with E-state index >= 15 is 0 Å². The highest BCUT2D eigenvalue weighted by molar-refractivity contribution is 7.03. The van der Waals surface area contributed by atoms with Gasteiger partial charge in [0.05, 0.1) is 0 Å². The molecular formula is C30H35ClOSi. The lowest BCUT2D eigenvalue weighted by atomic mass is 9.86. The van der Waals surface area contributed by atoms with E-state index in [0.717, 1.165) is 29.3 Å². The van der Waals surface area contributed by atoms with E-state index in [1.807, 2.05) is 6.07 Å². The van der Waals surface area contributed by atoms with Crippen LogP contribution in [0.2, 0.25) is 17.1 Å². The maximum Gasteiger partial charge on any atom is 0.123 e. The fraction of sp³-hybridized carbons (Fsp3) is 0.333. The lowest BCUT2D eigenvalue weighted by Crippen LogP contribution is -2.59. The molecule has 0 fully saturated rings.